The van der Waals surface area contributed by atoms with Crippen molar-refractivity contribution in [1.29, 1.82) is 0 Å². The maximum absolute atomic E-state index is 12.2. The Morgan fingerprint density at radius 2 is 0.669 bits per heavy atom. The Balaban J connectivity index is 0.000000782. The summed E-state index contributed by atoms with van der Waals surface area (Å²) in [4.78, 5) is 85.3. The number of H-pyrrole nitrogens is 6. The van der Waals surface area contributed by atoms with Gasteiger partial charge in [0.15, 0.2) is 12.6 Å². The van der Waals surface area contributed by atoms with Gasteiger partial charge in [-0.05, 0) is 130 Å². The zero-order chi connectivity index (χ0) is 85.1. The van der Waals surface area contributed by atoms with E-state index in [4.69, 9.17) is 17.8 Å². The predicted octanol–water partition coefficient (Wildman–Crippen LogP) is 30.3. The number of carbonyl (C=O) groups excluding carboxylic acids is 5. The van der Waals surface area contributed by atoms with Gasteiger partial charge < -0.3 is 29.9 Å². The van der Waals surface area contributed by atoms with E-state index in [9.17, 15) is 24.0 Å². The van der Waals surface area contributed by atoms with E-state index >= 15 is 0 Å². The van der Waals surface area contributed by atoms with Crippen LogP contribution in [0.25, 0.3) is 0 Å². The van der Waals surface area contributed by atoms with Crippen molar-refractivity contribution in [2.45, 2.75) is 241 Å². The number of aliphatic imine (C=N–C) groups is 2. The largest absolute Gasteiger partial charge is 0.364 e. The van der Waals surface area contributed by atoms with Gasteiger partial charge in [0.05, 0.1) is 40.5 Å². The summed E-state index contributed by atoms with van der Waals surface area (Å²) in [6, 6.07) is 74.3. The molecule has 8 aromatic heterocycles. The van der Waals surface area contributed by atoms with E-state index in [1.165, 1.54) is 93.0 Å². The van der Waals surface area contributed by atoms with Crippen LogP contribution in [0.15, 0.2) is 241 Å². The number of aryl methyl sites for hydroxylation is 5. The number of unbranched alkanes of at least 4 members (excludes halogenated alkanes) is 4. The average Bonchev–Trinajstić information content (AvgIpc) is 1.60. The van der Waals surface area contributed by atoms with E-state index in [1.807, 2.05) is 99.3 Å². The number of rotatable bonds is 33. The van der Waals surface area contributed by atoms with Crippen molar-refractivity contribution in [2.24, 2.45) is 9.98 Å². The van der Waals surface area contributed by atoms with Gasteiger partial charge in [0.25, 0.3) is 0 Å². The molecule has 1 aliphatic heterocycles. The number of nitrogens with one attached hydrogen (secondary N) is 6. The van der Waals surface area contributed by atoms with Crippen LogP contribution < -0.4 is 0 Å². The molecule has 0 bridgehead atoms. The van der Waals surface area contributed by atoms with E-state index in [0.717, 1.165) is 157 Å². The molecule has 0 aliphatic carbocycles. The Bertz CT molecular complexity index is 5030. The SMILES string of the molecule is C.C.C.C.C.C.C.C.CCCN=Cc1ccc(C(c2ccc(C)cc2)c2ccc(C=NCCC)[nH]2)[nH]1.CCC[CH2][Sn]([Cl])([Cl])[CH2]CCC.CCC[CH2][Sn]1([CH2]CCC)[n]2c(C=O)ccc2C(c2ccc(C)cc2)c2ccc(C=O)[n]21.Cc1ccc(C(c2ccc(C=O)[nH]2)c2ccc(C=O)[nH]2)cc1.Cc1ccc(C(c2ccc[nH]2)c2ccc[nH]2)cc1.Cc1ccc(C=O)cc1. The molecule has 6 N–H and O–H groups in total. The van der Waals surface area contributed by atoms with E-state index in [1.54, 1.807) is 12.1 Å². The molecule has 1 aliphatic rings. The molecular weight excluding hydrogens is 1830 g/mol. The minimum Gasteiger partial charge on any atom is -0.364 e. The number of halogens is 2. The predicted molar refractivity (Wildman–Crippen MR) is 552 cm³/mol. The van der Waals surface area contributed by atoms with Gasteiger partial charge in [0, 0.05) is 77.6 Å². The van der Waals surface area contributed by atoms with Crippen LogP contribution in [0.4, 0.5) is 0 Å². The molecule has 686 valence electrons. The van der Waals surface area contributed by atoms with E-state index in [-0.39, 0.29) is 83.1 Å². The number of carbonyl (C=O) groups is 5. The molecule has 5 aromatic carbocycles. The standard InChI is InChI=1S/C24H30N4.2C18H16N2O2.C16H16N2.C8H8O.4C4H9.8CH4.2ClH.2Sn/c1-4-14-25-16-20-10-12-22(27-20)24(19-8-6-18(3)7-9-19)23-13-11-21(28-23)17-26-15-5-2;2*1-12-2-4-13(5-3-12)18(16-8-6-14(10-21)19-16)17-9-7-15(11-22)20-17;1-12-6-8-13(9-7-12)16(14-4-2-10-17-14)15-5-3-11-18-15;1-7-2-4-8(6-9)5-3-7;4*1-3-4-2;;;;;;;;;;;;/h6-13,16-17,24,27-28H,4-5,14-15H2,1-3H3;2-11,18H,1H3,(H2,19,20,21,22);2-11,18-20H,1H3;2-11,16-18H,1H3;2-6H,1H3;4*1,3-4H2,2H3;8*1H4;2*1H;;/q;;;;;;;;;;;;;;;;;;;2*+2/p-4. The van der Waals surface area contributed by atoms with Gasteiger partial charge in [-0.1, -0.05) is 193 Å². The normalized spacial score (nSPS) is 11.6. The fraction of sp³-hybridized carbons (Fsp3) is 0.361. The molecule has 19 heteroatoms. The third-order valence-corrected chi connectivity index (χ3v) is 47.1. The van der Waals surface area contributed by atoms with Crippen molar-refractivity contribution in [1.82, 2.24) is 35.5 Å². The number of benzene rings is 5. The summed E-state index contributed by atoms with van der Waals surface area (Å²) in [5.74, 6) is 0.317. The number of nitrogens with zero attached hydrogens (tertiary/aromatic N) is 4. The summed E-state index contributed by atoms with van der Waals surface area (Å²) in [5, 5.41) is 0. The molecular formula is C108H152Cl2N10O5Sn2. The van der Waals surface area contributed by atoms with Crippen LogP contribution in [0.5, 0.6) is 0 Å². The van der Waals surface area contributed by atoms with Crippen LogP contribution in [0, 0.1) is 34.6 Å². The quantitative estimate of drug-likeness (QED) is 0.0134. The zero-order valence-electron chi connectivity index (χ0n) is 71.2. The smallest absolute Gasteiger partial charge is 0.166 e. The van der Waals surface area contributed by atoms with Crippen molar-refractivity contribution >= 4 is 96.7 Å². The van der Waals surface area contributed by atoms with Crippen LogP contribution in [-0.4, -0.2) is 127 Å². The van der Waals surface area contributed by atoms with Gasteiger partial charge >= 0.3 is 273 Å². The Kier molecular flexibility index (Phi) is 53.8. The summed E-state index contributed by atoms with van der Waals surface area (Å²) < 4.78 is 9.45. The molecule has 13 aromatic rings. The van der Waals surface area contributed by atoms with Crippen molar-refractivity contribution in [3.05, 3.63) is 366 Å². The Morgan fingerprint density at radius 1 is 0.354 bits per heavy atom. The minimum atomic E-state index is -3.42. The van der Waals surface area contributed by atoms with Gasteiger partial charge in [0.1, 0.15) is 6.29 Å². The summed E-state index contributed by atoms with van der Waals surface area (Å²) in [6.07, 6.45) is 23.8. The van der Waals surface area contributed by atoms with Crippen LogP contribution in [0.2, 0.25) is 17.7 Å². The van der Waals surface area contributed by atoms with Gasteiger partial charge in [-0.2, -0.15) is 0 Å². The Labute approximate surface area is 780 Å². The number of aromatic nitrogens is 8. The maximum atomic E-state index is 12.2. The number of hydrogen-bond donors (Lipinski definition) is 6. The Hall–Kier alpha value is -9.79. The van der Waals surface area contributed by atoms with Gasteiger partial charge in [0.2, 0.25) is 0 Å². The third kappa shape index (κ3) is 32.4. The van der Waals surface area contributed by atoms with Crippen molar-refractivity contribution in [2.75, 3.05) is 13.1 Å². The van der Waals surface area contributed by atoms with Crippen LogP contribution in [-0.2, 0) is 0 Å². The summed E-state index contributed by atoms with van der Waals surface area (Å²) >= 11 is -5.91. The fourth-order valence-electron chi connectivity index (χ4n) is 15.2. The Morgan fingerprint density at radius 3 is 0.961 bits per heavy atom. The molecule has 9 heterocycles. The second-order valence-electron chi connectivity index (χ2n) is 31.0. The van der Waals surface area contributed by atoms with E-state index < -0.39 is 35.0 Å². The first kappa shape index (κ1) is 115. The molecule has 0 saturated heterocycles. The minimum absolute atomic E-state index is 0. The molecule has 0 fully saturated rings. The van der Waals surface area contributed by atoms with Crippen molar-refractivity contribution in [3.63, 3.8) is 0 Å². The monoisotopic (exact) mass is 1980 g/mol. The number of aldehydes is 5. The van der Waals surface area contributed by atoms with Crippen LogP contribution in [0.1, 0.15) is 348 Å². The number of hydrogen-bond acceptors (Lipinski definition) is 7. The van der Waals surface area contributed by atoms with Crippen LogP contribution >= 0.6 is 17.8 Å². The first-order valence-corrected chi connectivity index (χ1v) is 60.1. The molecule has 0 saturated carbocycles. The molecule has 127 heavy (non-hydrogen) atoms. The zero-order valence-corrected chi connectivity index (χ0v) is 78.4. The van der Waals surface area contributed by atoms with Gasteiger partial charge in [-0.15, -0.1) is 0 Å². The summed E-state index contributed by atoms with van der Waals surface area (Å²) in [5.41, 5.74) is 25.5. The molecule has 0 radical (unpaired) electrons. The van der Waals surface area contributed by atoms with Gasteiger partial charge in [-0.3, -0.25) is 24.4 Å². The second-order valence-corrected chi connectivity index (χ2v) is 60.7. The van der Waals surface area contributed by atoms with E-state index in [2.05, 4.69) is 253 Å². The van der Waals surface area contributed by atoms with Crippen molar-refractivity contribution in [3.8, 4) is 0 Å². The van der Waals surface area contributed by atoms with Crippen LogP contribution in [0.3, 0.4) is 0 Å². The third-order valence-electron chi connectivity index (χ3n) is 21.5. The molecule has 0 amide bonds. The fourth-order valence-corrected chi connectivity index (χ4v) is 40.9. The number of aromatic amines is 6. The first-order valence-electron chi connectivity index (χ1n) is 42.2. The first-order chi connectivity index (χ1) is 57.8. The second kappa shape index (κ2) is 59.4. The van der Waals surface area contributed by atoms with Crippen molar-refractivity contribution < 1.29 is 24.0 Å². The summed E-state index contributed by atoms with van der Waals surface area (Å²) in [6.45, 7) is 25.2. The molecule has 0 atom stereocenters. The topological polar surface area (TPSA) is 215 Å². The number of fused-ring (bicyclic) bond motifs is 2. The molecule has 0 spiro atoms. The van der Waals surface area contributed by atoms with E-state index in [0.29, 0.717) is 11.4 Å². The summed E-state index contributed by atoms with van der Waals surface area (Å²) in [7, 11) is 12.5. The molecule has 0 unspecified atom stereocenters. The van der Waals surface area contributed by atoms with Gasteiger partial charge in [-0.25, -0.2) is 0 Å². The maximum Gasteiger partial charge on any atom is 0.166 e. The molecule has 14 rings (SSSR count). The molecule has 15 nitrogen and oxygen atoms in total. The average molecular weight is 1980 g/mol.